The highest BCUT2D eigenvalue weighted by Gasteiger charge is 2.15. The molecule has 0 fully saturated rings. The molecule has 0 spiro atoms. The van der Waals surface area contributed by atoms with Gasteiger partial charge >= 0.3 is 0 Å². The fraction of sp³-hybridized carbons (Fsp3) is 0.273. The van der Waals surface area contributed by atoms with Crippen molar-refractivity contribution in [3.05, 3.63) is 30.4 Å². The van der Waals surface area contributed by atoms with E-state index in [4.69, 9.17) is 5.73 Å². The monoisotopic (exact) mass is 234 g/mol. The number of amides is 1. The van der Waals surface area contributed by atoms with Crippen LogP contribution in [0.1, 0.15) is 30.4 Å². The summed E-state index contributed by atoms with van der Waals surface area (Å²) in [6.07, 6.45) is 4.54. The SMILES string of the molecule is CC(C)n1cc(N)cc1C(=O)Nc1cnoc1. The molecule has 0 radical (unpaired) electrons. The molecule has 2 aromatic heterocycles. The summed E-state index contributed by atoms with van der Waals surface area (Å²) in [5.74, 6) is -0.237. The topological polar surface area (TPSA) is 86.1 Å². The minimum atomic E-state index is -0.237. The highest BCUT2D eigenvalue weighted by atomic mass is 16.5. The highest BCUT2D eigenvalue weighted by molar-refractivity contribution is 6.03. The lowest BCUT2D eigenvalue weighted by Crippen LogP contribution is -2.17. The number of nitrogens with two attached hydrogens (primary N) is 1. The van der Waals surface area contributed by atoms with Crippen LogP contribution in [0.4, 0.5) is 11.4 Å². The van der Waals surface area contributed by atoms with Crippen molar-refractivity contribution in [1.29, 1.82) is 0 Å². The van der Waals surface area contributed by atoms with Crippen molar-refractivity contribution in [3.8, 4) is 0 Å². The number of nitrogen functional groups attached to an aromatic ring is 1. The van der Waals surface area contributed by atoms with Gasteiger partial charge in [-0.1, -0.05) is 5.16 Å². The van der Waals surface area contributed by atoms with Crippen molar-refractivity contribution in [1.82, 2.24) is 9.72 Å². The van der Waals surface area contributed by atoms with E-state index >= 15 is 0 Å². The lowest BCUT2D eigenvalue weighted by molar-refractivity contribution is 0.101. The molecule has 0 aromatic carbocycles. The number of hydrogen-bond donors (Lipinski definition) is 2. The molecular formula is C11H14N4O2. The second kappa shape index (κ2) is 4.32. The molecule has 0 saturated heterocycles. The molecule has 0 atom stereocenters. The maximum Gasteiger partial charge on any atom is 0.272 e. The predicted molar refractivity (Wildman–Crippen MR) is 63.7 cm³/mol. The average molecular weight is 234 g/mol. The molecule has 0 bridgehead atoms. The van der Waals surface area contributed by atoms with Crippen molar-refractivity contribution < 1.29 is 9.32 Å². The molecule has 0 aliphatic carbocycles. The Kier molecular flexibility index (Phi) is 2.86. The van der Waals surface area contributed by atoms with Gasteiger partial charge < -0.3 is 20.1 Å². The van der Waals surface area contributed by atoms with Crippen LogP contribution >= 0.6 is 0 Å². The molecule has 2 rings (SSSR count). The standard InChI is InChI=1S/C11H14N4O2/c1-7(2)15-5-8(12)3-10(15)11(16)14-9-4-13-17-6-9/h3-7H,12H2,1-2H3,(H,14,16). The summed E-state index contributed by atoms with van der Waals surface area (Å²) in [6.45, 7) is 3.96. The van der Waals surface area contributed by atoms with Crippen molar-refractivity contribution in [2.75, 3.05) is 11.1 Å². The minimum absolute atomic E-state index is 0.163. The van der Waals surface area contributed by atoms with E-state index in [1.54, 1.807) is 12.3 Å². The van der Waals surface area contributed by atoms with Gasteiger partial charge in [-0.05, 0) is 19.9 Å². The Bertz CT molecular complexity index is 514. The second-order valence-electron chi connectivity index (χ2n) is 4.03. The van der Waals surface area contributed by atoms with Crippen molar-refractivity contribution in [3.63, 3.8) is 0 Å². The zero-order chi connectivity index (χ0) is 12.4. The first-order valence-corrected chi connectivity index (χ1v) is 5.26. The Hall–Kier alpha value is -2.24. The largest absolute Gasteiger partial charge is 0.397 e. The molecule has 0 aliphatic rings. The molecule has 3 N–H and O–H groups in total. The first-order chi connectivity index (χ1) is 8.08. The van der Waals surface area contributed by atoms with Crippen LogP contribution in [-0.2, 0) is 0 Å². The van der Waals surface area contributed by atoms with E-state index < -0.39 is 0 Å². The van der Waals surface area contributed by atoms with Crippen LogP contribution in [0.5, 0.6) is 0 Å². The van der Waals surface area contributed by atoms with Crippen LogP contribution in [-0.4, -0.2) is 15.6 Å². The van der Waals surface area contributed by atoms with Crippen LogP contribution in [0.25, 0.3) is 0 Å². The maximum atomic E-state index is 12.0. The molecule has 0 saturated carbocycles. The normalized spacial score (nSPS) is 10.8. The Balaban J connectivity index is 2.24. The predicted octanol–water partition coefficient (Wildman–Crippen LogP) is 1.89. The van der Waals surface area contributed by atoms with Gasteiger partial charge in [0.15, 0.2) is 0 Å². The first-order valence-electron chi connectivity index (χ1n) is 5.26. The van der Waals surface area contributed by atoms with Gasteiger partial charge in [0.05, 0.1) is 11.9 Å². The molecule has 6 nitrogen and oxygen atoms in total. The summed E-state index contributed by atoms with van der Waals surface area (Å²) in [5.41, 5.74) is 7.29. The Morgan fingerprint density at radius 2 is 2.35 bits per heavy atom. The number of anilines is 2. The van der Waals surface area contributed by atoms with E-state index in [2.05, 4.69) is 15.0 Å². The number of rotatable bonds is 3. The second-order valence-corrected chi connectivity index (χ2v) is 4.03. The molecule has 0 aliphatic heterocycles. The molecule has 90 valence electrons. The van der Waals surface area contributed by atoms with Crippen molar-refractivity contribution in [2.45, 2.75) is 19.9 Å². The molecular weight excluding hydrogens is 220 g/mol. The number of nitrogens with zero attached hydrogens (tertiary/aromatic N) is 2. The summed E-state index contributed by atoms with van der Waals surface area (Å²) in [7, 11) is 0. The molecule has 17 heavy (non-hydrogen) atoms. The summed E-state index contributed by atoms with van der Waals surface area (Å²) in [5, 5.41) is 6.19. The van der Waals surface area contributed by atoms with Crippen molar-refractivity contribution in [2.24, 2.45) is 0 Å². The molecule has 0 unspecified atom stereocenters. The Labute approximate surface area is 98.4 Å². The van der Waals surface area contributed by atoms with E-state index in [-0.39, 0.29) is 11.9 Å². The summed E-state index contributed by atoms with van der Waals surface area (Å²) < 4.78 is 6.46. The Morgan fingerprint density at radius 1 is 1.59 bits per heavy atom. The van der Waals surface area contributed by atoms with E-state index in [0.29, 0.717) is 17.1 Å². The molecule has 2 aromatic rings. The van der Waals surface area contributed by atoms with Gasteiger partial charge in [-0.15, -0.1) is 0 Å². The van der Waals surface area contributed by atoms with Crippen LogP contribution in [0.15, 0.2) is 29.2 Å². The zero-order valence-electron chi connectivity index (χ0n) is 9.68. The van der Waals surface area contributed by atoms with Gasteiger partial charge in [0.1, 0.15) is 17.6 Å². The minimum Gasteiger partial charge on any atom is -0.397 e. The van der Waals surface area contributed by atoms with E-state index in [0.717, 1.165) is 0 Å². The van der Waals surface area contributed by atoms with Gasteiger partial charge in [-0.25, -0.2) is 0 Å². The van der Waals surface area contributed by atoms with Crippen LogP contribution < -0.4 is 11.1 Å². The number of nitrogens with one attached hydrogen (secondary N) is 1. The average Bonchev–Trinajstić information content (AvgIpc) is 2.86. The van der Waals surface area contributed by atoms with Crippen LogP contribution in [0.3, 0.4) is 0 Å². The zero-order valence-corrected chi connectivity index (χ0v) is 9.68. The lowest BCUT2D eigenvalue weighted by atomic mass is 10.3. The third kappa shape index (κ3) is 2.30. The highest BCUT2D eigenvalue weighted by Crippen LogP contribution is 2.17. The third-order valence-corrected chi connectivity index (χ3v) is 2.35. The summed E-state index contributed by atoms with van der Waals surface area (Å²) >= 11 is 0. The first kappa shape index (κ1) is 11.3. The van der Waals surface area contributed by atoms with Crippen LogP contribution in [0.2, 0.25) is 0 Å². The van der Waals surface area contributed by atoms with E-state index in [1.807, 2.05) is 18.4 Å². The third-order valence-electron chi connectivity index (χ3n) is 2.35. The molecule has 2 heterocycles. The van der Waals surface area contributed by atoms with E-state index in [9.17, 15) is 4.79 Å². The number of aromatic nitrogens is 2. The number of carbonyl (C=O) groups is 1. The van der Waals surface area contributed by atoms with Gasteiger partial charge in [0.2, 0.25) is 0 Å². The summed E-state index contributed by atoms with van der Waals surface area (Å²) in [4.78, 5) is 12.0. The molecule has 1 amide bonds. The molecule has 6 heteroatoms. The van der Waals surface area contributed by atoms with Crippen molar-refractivity contribution >= 4 is 17.3 Å². The number of hydrogen-bond acceptors (Lipinski definition) is 4. The fourth-order valence-electron chi connectivity index (χ4n) is 1.57. The maximum absolute atomic E-state index is 12.0. The van der Waals surface area contributed by atoms with Gasteiger partial charge in [-0.2, -0.15) is 0 Å². The van der Waals surface area contributed by atoms with Gasteiger partial charge in [0.25, 0.3) is 5.91 Å². The van der Waals surface area contributed by atoms with E-state index in [1.165, 1.54) is 12.5 Å². The fourth-order valence-corrected chi connectivity index (χ4v) is 1.57. The lowest BCUT2D eigenvalue weighted by Gasteiger charge is -2.11. The number of carbonyl (C=O) groups excluding carboxylic acids is 1. The van der Waals surface area contributed by atoms with Gasteiger partial charge in [-0.3, -0.25) is 4.79 Å². The Morgan fingerprint density at radius 3 is 2.94 bits per heavy atom. The quantitative estimate of drug-likeness (QED) is 0.849. The van der Waals surface area contributed by atoms with Crippen LogP contribution in [0, 0.1) is 0 Å². The smallest absolute Gasteiger partial charge is 0.272 e. The van der Waals surface area contributed by atoms with Gasteiger partial charge in [0, 0.05) is 12.2 Å². The summed E-state index contributed by atoms with van der Waals surface area (Å²) in [6, 6.07) is 1.80.